The number of carboxylic acid groups (broad SMARTS) is 1. The number of para-hydroxylation sites is 1. The molecule has 2 atom stereocenters. The number of likely N-dealkylation sites (tertiary alicyclic amines) is 1. The van der Waals surface area contributed by atoms with E-state index in [1.807, 2.05) is 6.07 Å². The molecule has 7 nitrogen and oxygen atoms in total. The molecular formula is C19H20N2O5. The first-order valence-electron chi connectivity index (χ1n) is 8.68. The Kier molecular flexibility index (Phi) is 4.03. The maximum Gasteiger partial charge on any atom is 0.314 e. The van der Waals surface area contributed by atoms with Crippen LogP contribution in [0.5, 0.6) is 0 Å². The van der Waals surface area contributed by atoms with Gasteiger partial charge in [0.2, 0.25) is 5.91 Å². The van der Waals surface area contributed by atoms with Gasteiger partial charge in [0, 0.05) is 37.3 Å². The number of rotatable bonds is 3. The SMILES string of the molecule is O=C(Cn1ccc(=O)c2ccccc21)N1C[C@H]2CCOC[C@@]2(C(=O)O)C1. The van der Waals surface area contributed by atoms with E-state index in [4.69, 9.17) is 4.74 Å². The topological polar surface area (TPSA) is 88.8 Å². The predicted octanol–water partition coefficient (Wildman–Crippen LogP) is 0.951. The molecule has 0 unspecified atom stereocenters. The van der Waals surface area contributed by atoms with Gasteiger partial charge in [0.25, 0.3) is 0 Å². The van der Waals surface area contributed by atoms with Gasteiger partial charge in [-0.25, -0.2) is 0 Å². The molecule has 4 rings (SSSR count). The lowest BCUT2D eigenvalue weighted by Gasteiger charge is -2.33. The van der Waals surface area contributed by atoms with E-state index in [1.54, 1.807) is 33.9 Å². The Labute approximate surface area is 149 Å². The fourth-order valence-electron chi connectivity index (χ4n) is 4.12. The van der Waals surface area contributed by atoms with Crippen molar-refractivity contribution in [2.24, 2.45) is 11.3 Å². The van der Waals surface area contributed by atoms with Gasteiger partial charge < -0.3 is 19.3 Å². The third-order valence-electron chi connectivity index (χ3n) is 5.63. The molecule has 1 aromatic carbocycles. The number of benzene rings is 1. The molecule has 0 aliphatic carbocycles. The van der Waals surface area contributed by atoms with Crippen LogP contribution in [0.2, 0.25) is 0 Å². The zero-order valence-corrected chi connectivity index (χ0v) is 14.3. The highest BCUT2D eigenvalue weighted by Crippen LogP contribution is 2.41. The fraction of sp³-hybridized carbons (Fsp3) is 0.421. The van der Waals surface area contributed by atoms with Crippen molar-refractivity contribution in [1.82, 2.24) is 9.47 Å². The van der Waals surface area contributed by atoms with Gasteiger partial charge in [0.15, 0.2) is 5.43 Å². The minimum Gasteiger partial charge on any atom is -0.481 e. The Morgan fingerprint density at radius 3 is 2.85 bits per heavy atom. The van der Waals surface area contributed by atoms with Crippen molar-refractivity contribution < 1.29 is 19.4 Å². The van der Waals surface area contributed by atoms with Crippen molar-refractivity contribution in [3.8, 4) is 0 Å². The standard InChI is InChI=1S/C19H20N2O5/c22-16-5-7-20(15-4-2-1-3-14(15)16)10-17(23)21-9-13-6-8-26-12-19(13,11-21)18(24)25/h1-5,7,13H,6,8-12H2,(H,24,25)/t13-,19+/m1/s1. The molecule has 1 aromatic heterocycles. The van der Waals surface area contributed by atoms with Gasteiger partial charge in [-0.3, -0.25) is 14.4 Å². The molecule has 0 bridgehead atoms. The summed E-state index contributed by atoms with van der Waals surface area (Å²) >= 11 is 0. The summed E-state index contributed by atoms with van der Waals surface area (Å²) in [6.07, 6.45) is 2.26. The first-order valence-corrected chi connectivity index (χ1v) is 8.68. The Hall–Kier alpha value is -2.67. The minimum atomic E-state index is -1.00. The molecule has 2 aliphatic rings. The van der Waals surface area contributed by atoms with E-state index in [0.29, 0.717) is 30.5 Å². The molecule has 0 saturated carbocycles. The average molecular weight is 356 g/mol. The normalized spacial score (nSPS) is 25.2. The lowest BCUT2D eigenvalue weighted by Crippen LogP contribution is -2.46. The van der Waals surface area contributed by atoms with Crippen LogP contribution in [0, 0.1) is 11.3 Å². The summed E-state index contributed by atoms with van der Waals surface area (Å²) < 4.78 is 7.15. The number of pyridine rings is 1. The van der Waals surface area contributed by atoms with Crippen LogP contribution in [0.15, 0.2) is 41.3 Å². The van der Waals surface area contributed by atoms with Gasteiger partial charge in [0.05, 0.1) is 12.1 Å². The molecule has 7 heteroatoms. The number of ether oxygens (including phenoxy) is 1. The summed E-state index contributed by atoms with van der Waals surface area (Å²) in [4.78, 5) is 38.3. The van der Waals surface area contributed by atoms with E-state index in [0.717, 1.165) is 0 Å². The molecular weight excluding hydrogens is 336 g/mol. The maximum atomic E-state index is 12.8. The summed E-state index contributed by atoms with van der Waals surface area (Å²) in [7, 11) is 0. The van der Waals surface area contributed by atoms with Gasteiger partial charge in [0.1, 0.15) is 12.0 Å². The summed E-state index contributed by atoms with van der Waals surface area (Å²) in [6.45, 7) is 1.37. The van der Waals surface area contributed by atoms with E-state index >= 15 is 0 Å². The Morgan fingerprint density at radius 2 is 2.08 bits per heavy atom. The second-order valence-corrected chi connectivity index (χ2v) is 7.10. The number of nitrogens with zero attached hydrogens (tertiary/aromatic N) is 2. The van der Waals surface area contributed by atoms with Crippen LogP contribution in [-0.2, 0) is 20.9 Å². The highest BCUT2D eigenvalue weighted by molar-refractivity contribution is 5.84. The molecule has 0 radical (unpaired) electrons. The van der Waals surface area contributed by atoms with Crippen LogP contribution >= 0.6 is 0 Å². The zero-order valence-electron chi connectivity index (χ0n) is 14.3. The van der Waals surface area contributed by atoms with E-state index < -0.39 is 11.4 Å². The lowest BCUT2D eigenvalue weighted by atomic mass is 9.76. The average Bonchev–Trinajstić information content (AvgIpc) is 3.05. The first-order chi connectivity index (χ1) is 12.5. The number of hydrogen-bond acceptors (Lipinski definition) is 4. The summed E-state index contributed by atoms with van der Waals surface area (Å²) in [5.41, 5.74) is -0.390. The van der Waals surface area contributed by atoms with Crippen molar-refractivity contribution in [2.45, 2.75) is 13.0 Å². The number of carbonyl (C=O) groups is 2. The molecule has 1 amide bonds. The number of aromatic nitrogens is 1. The largest absolute Gasteiger partial charge is 0.481 e. The Bertz CT molecular complexity index is 937. The molecule has 26 heavy (non-hydrogen) atoms. The van der Waals surface area contributed by atoms with Gasteiger partial charge in [-0.1, -0.05) is 12.1 Å². The van der Waals surface area contributed by atoms with Gasteiger partial charge in [-0.15, -0.1) is 0 Å². The Balaban J connectivity index is 1.59. The minimum absolute atomic E-state index is 0.0735. The maximum absolute atomic E-state index is 12.8. The predicted molar refractivity (Wildman–Crippen MR) is 93.8 cm³/mol. The molecule has 2 saturated heterocycles. The summed E-state index contributed by atoms with van der Waals surface area (Å²) in [5.74, 6) is -1.12. The van der Waals surface area contributed by atoms with Gasteiger partial charge >= 0.3 is 5.97 Å². The van der Waals surface area contributed by atoms with E-state index in [-0.39, 0.29) is 37.0 Å². The number of amides is 1. The van der Waals surface area contributed by atoms with Crippen molar-refractivity contribution >= 4 is 22.8 Å². The first kappa shape index (κ1) is 16.8. The Morgan fingerprint density at radius 1 is 1.27 bits per heavy atom. The molecule has 0 spiro atoms. The number of fused-ring (bicyclic) bond motifs is 2. The molecule has 2 aromatic rings. The fourth-order valence-corrected chi connectivity index (χ4v) is 4.12. The third kappa shape index (κ3) is 2.59. The van der Waals surface area contributed by atoms with Crippen LogP contribution in [-0.4, -0.2) is 52.8 Å². The monoisotopic (exact) mass is 356 g/mol. The highest BCUT2D eigenvalue weighted by Gasteiger charge is 2.55. The quantitative estimate of drug-likeness (QED) is 0.885. The van der Waals surface area contributed by atoms with Gasteiger partial charge in [-0.2, -0.15) is 0 Å². The van der Waals surface area contributed by atoms with Crippen LogP contribution in [0.4, 0.5) is 0 Å². The van der Waals surface area contributed by atoms with Crippen LogP contribution in [0.1, 0.15) is 6.42 Å². The number of carboxylic acids is 1. The molecule has 136 valence electrons. The number of aliphatic carboxylic acids is 1. The van der Waals surface area contributed by atoms with E-state index in [2.05, 4.69) is 0 Å². The smallest absolute Gasteiger partial charge is 0.314 e. The van der Waals surface area contributed by atoms with Gasteiger partial charge in [-0.05, 0) is 24.5 Å². The van der Waals surface area contributed by atoms with E-state index in [9.17, 15) is 19.5 Å². The highest BCUT2D eigenvalue weighted by atomic mass is 16.5. The van der Waals surface area contributed by atoms with Crippen LogP contribution in [0.25, 0.3) is 10.9 Å². The van der Waals surface area contributed by atoms with Crippen molar-refractivity contribution in [3.63, 3.8) is 0 Å². The van der Waals surface area contributed by atoms with Crippen molar-refractivity contribution in [3.05, 3.63) is 46.8 Å². The third-order valence-corrected chi connectivity index (χ3v) is 5.63. The second kappa shape index (κ2) is 6.25. The summed E-state index contributed by atoms with van der Waals surface area (Å²) in [5, 5.41) is 10.3. The lowest BCUT2D eigenvalue weighted by molar-refractivity contribution is -0.159. The summed E-state index contributed by atoms with van der Waals surface area (Å²) in [6, 6.07) is 8.60. The van der Waals surface area contributed by atoms with Crippen LogP contribution in [0.3, 0.4) is 0 Å². The second-order valence-electron chi connectivity index (χ2n) is 7.10. The molecule has 2 aliphatic heterocycles. The van der Waals surface area contributed by atoms with Crippen molar-refractivity contribution in [2.75, 3.05) is 26.3 Å². The van der Waals surface area contributed by atoms with E-state index in [1.165, 1.54) is 6.07 Å². The van der Waals surface area contributed by atoms with Crippen LogP contribution < -0.4 is 5.43 Å². The number of hydrogen-bond donors (Lipinski definition) is 1. The number of carbonyl (C=O) groups excluding carboxylic acids is 1. The molecule has 3 heterocycles. The zero-order chi connectivity index (χ0) is 18.3. The van der Waals surface area contributed by atoms with Crippen molar-refractivity contribution in [1.29, 1.82) is 0 Å². The molecule has 2 fully saturated rings. The molecule has 1 N–H and O–H groups in total.